The maximum Gasteiger partial charge on any atom is 0.262 e. The van der Waals surface area contributed by atoms with E-state index in [4.69, 9.17) is 12.2 Å². The van der Waals surface area contributed by atoms with Crippen LogP contribution in [0.3, 0.4) is 0 Å². The third kappa shape index (κ3) is 3.71. The van der Waals surface area contributed by atoms with Gasteiger partial charge in [-0.05, 0) is 42.9 Å². The Hall–Kier alpha value is -3.26. The number of hydrogen-bond donors (Lipinski definition) is 2. The number of H-pyrrole nitrogens is 1. The number of hydrogen-bond acceptors (Lipinski definition) is 4. The summed E-state index contributed by atoms with van der Waals surface area (Å²) in [7, 11) is 0. The van der Waals surface area contributed by atoms with Gasteiger partial charge < -0.3 is 9.55 Å². The van der Waals surface area contributed by atoms with Crippen LogP contribution < -0.4 is 10.9 Å². The molecule has 2 aromatic carbocycles. The molecule has 0 saturated carbocycles. The van der Waals surface area contributed by atoms with E-state index in [0.717, 1.165) is 24.0 Å². The summed E-state index contributed by atoms with van der Waals surface area (Å²) in [6, 6.07) is 15.0. The number of carbonyl (C=O) groups excluding carboxylic acids is 1. The zero-order valence-corrected chi connectivity index (χ0v) is 16.8. The number of nitrogens with one attached hydrogen (secondary N) is 2. The van der Waals surface area contributed by atoms with E-state index in [1.807, 2.05) is 41.0 Å². The van der Waals surface area contributed by atoms with Crippen molar-refractivity contribution in [3.05, 3.63) is 63.7 Å². The largest absolute Gasteiger partial charge is 0.332 e. The van der Waals surface area contributed by atoms with E-state index in [1.54, 1.807) is 12.1 Å². The zero-order valence-electron chi connectivity index (χ0n) is 16.0. The Morgan fingerprint density at radius 3 is 2.69 bits per heavy atom. The lowest BCUT2D eigenvalue weighted by atomic mass is 10.2. The standard InChI is InChI=1S/C21H21N5O2S/c1-2-12-25-17-10-6-5-9-16(17)22-20(25)24-18(27)11-13-26-19(28)14-7-3-4-8-15(14)23-21(26)29/h3-10H,2,11-13H2,1H3,(H,23,29)(H,22,24,27). The molecule has 0 spiro atoms. The Labute approximate surface area is 172 Å². The van der Waals surface area contributed by atoms with E-state index in [0.29, 0.717) is 21.6 Å². The predicted octanol–water partition coefficient (Wildman–Crippen LogP) is 3.85. The lowest BCUT2D eigenvalue weighted by molar-refractivity contribution is -0.116. The molecule has 29 heavy (non-hydrogen) atoms. The Bertz CT molecular complexity index is 1320. The normalized spacial score (nSPS) is 11.2. The summed E-state index contributed by atoms with van der Waals surface area (Å²) in [6.45, 7) is 3.03. The van der Waals surface area contributed by atoms with Gasteiger partial charge in [0.05, 0.1) is 21.9 Å². The minimum absolute atomic E-state index is 0.116. The van der Waals surface area contributed by atoms with Crippen molar-refractivity contribution in [2.45, 2.75) is 32.9 Å². The highest BCUT2D eigenvalue weighted by Crippen LogP contribution is 2.20. The van der Waals surface area contributed by atoms with E-state index in [1.165, 1.54) is 4.57 Å². The van der Waals surface area contributed by atoms with Crippen molar-refractivity contribution in [1.82, 2.24) is 19.1 Å². The highest BCUT2D eigenvalue weighted by molar-refractivity contribution is 7.71. The summed E-state index contributed by atoms with van der Waals surface area (Å²) in [5.41, 5.74) is 2.31. The van der Waals surface area contributed by atoms with Crippen molar-refractivity contribution in [1.29, 1.82) is 0 Å². The van der Waals surface area contributed by atoms with Gasteiger partial charge in [-0.1, -0.05) is 31.2 Å². The van der Waals surface area contributed by atoms with Crippen LogP contribution in [0.4, 0.5) is 5.95 Å². The molecule has 0 aliphatic heterocycles. The molecule has 1 amide bonds. The van der Waals surface area contributed by atoms with E-state index < -0.39 is 0 Å². The van der Waals surface area contributed by atoms with Gasteiger partial charge in [-0.3, -0.25) is 19.5 Å². The van der Waals surface area contributed by atoms with Crippen molar-refractivity contribution >= 4 is 46.0 Å². The molecule has 0 saturated heterocycles. The molecule has 2 aromatic heterocycles. The van der Waals surface area contributed by atoms with Crippen LogP contribution in [0, 0.1) is 4.77 Å². The summed E-state index contributed by atoms with van der Waals surface area (Å²) < 4.78 is 3.73. The summed E-state index contributed by atoms with van der Waals surface area (Å²) in [5, 5.41) is 3.43. The number of amides is 1. The molecule has 8 heteroatoms. The van der Waals surface area contributed by atoms with Crippen LogP contribution in [0.15, 0.2) is 53.3 Å². The molecule has 7 nitrogen and oxygen atoms in total. The van der Waals surface area contributed by atoms with E-state index in [9.17, 15) is 9.59 Å². The van der Waals surface area contributed by atoms with Crippen LogP contribution in [-0.4, -0.2) is 25.0 Å². The van der Waals surface area contributed by atoms with E-state index >= 15 is 0 Å². The summed E-state index contributed by atoms with van der Waals surface area (Å²) >= 11 is 5.31. The maximum atomic E-state index is 12.7. The number of imidazole rings is 1. The van der Waals surface area contributed by atoms with Gasteiger partial charge in [0, 0.05) is 19.5 Å². The second kappa shape index (κ2) is 8.00. The van der Waals surface area contributed by atoms with Crippen LogP contribution in [0.5, 0.6) is 0 Å². The van der Waals surface area contributed by atoms with Gasteiger partial charge in [0.2, 0.25) is 11.9 Å². The number of carbonyl (C=O) groups is 1. The summed E-state index contributed by atoms with van der Waals surface area (Å²) in [4.78, 5) is 32.9. The van der Waals surface area contributed by atoms with Crippen molar-refractivity contribution in [3.8, 4) is 0 Å². The first-order valence-corrected chi connectivity index (χ1v) is 9.96. The number of anilines is 1. The number of benzene rings is 2. The molecule has 0 bridgehead atoms. The number of para-hydroxylation sites is 3. The molecule has 0 unspecified atom stereocenters. The van der Waals surface area contributed by atoms with Crippen LogP contribution in [-0.2, 0) is 17.9 Å². The second-order valence-electron chi connectivity index (χ2n) is 6.81. The van der Waals surface area contributed by atoms with Gasteiger partial charge in [-0.15, -0.1) is 0 Å². The average Bonchev–Trinajstić information content (AvgIpc) is 3.05. The van der Waals surface area contributed by atoms with Gasteiger partial charge >= 0.3 is 0 Å². The fraction of sp³-hybridized carbons (Fsp3) is 0.238. The van der Waals surface area contributed by atoms with Gasteiger partial charge in [-0.2, -0.15) is 0 Å². The molecule has 0 aliphatic carbocycles. The SMILES string of the molecule is CCCn1c(NC(=O)CCn2c(=S)[nH]c3ccccc3c2=O)nc2ccccc21. The molecule has 0 aliphatic rings. The molecule has 4 rings (SSSR count). The van der Waals surface area contributed by atoms with Crippen molar-refractivity contribution in [2.24, 2.45) is 0 Å². The molecule has 148 valence electrons. The van der Waals surface area contributed by atoms with Gasteiger partial charge in [0.1, 0.15) is 0 Å². The van der Waals surface area contributed by atoms with E-state index in [2.05, 4.69) is 22.2 Å². The second-order valence-corrected chi connectivity index (χ2v) is 7.19. The van der Waals surface area contributed by atoms with Gasteiger partial charge in [-0.25, -0.2) is 4.98 Å². The number of rotatable bonds is 6. The maximum absolute atomic E-state index is 12.7. The number of aromatic amines is 1. The van der Waals surface area contributed by atoms with Gasteiger partial charge in [0.15, 0.2) is 4.77 Å². The Morgan fingerprint density at radius 2 is 1.86 bits per heavy atom. The third-order valence-electron chi connectivity index (χ3n) is 4.80. The van der Waals surface area contributed by atoms with Crippen LogP contribution in [0.1, 0.15) is 19.8 Å². The quantitative estimate of drug-likeness (QED) is 0.476. The summed E-state index contributed by atoms with van der Waals surface area (Å²) in [5.74, 6) is 0.307. The minimum Gasteiger partial charge on any atom is -0.332 e. The van der Waals surface area contributed by atoms with Crippen LogP contribution in [0.2, 0.25) is 0 Å². The zero-order chi connectivity index (χ0) is 20.4. The molecule has 0 radical (unpaired) electrons. The van der Waals surface area contributed by atoms with Crippen LogP contribution in [0.25, 0.3) is 21.9 Å². The number of nitrogens with zero attached hydrogens (tertiary/aromatic N) is 3. The monoisotopic (exact) mass is 407 g/mol. The molecule has 4 aromatic rings. The molecule has 0 atom stereocenters. The van der Waals surface area contributed by atoms with Crippen LogP contribution >= 0.6 is 12.2 Å². The molecule has 2 heterocycles. The average molecular weight is 407 g/mol. The Morgan fingerprint density at radius 1 is 1.10 bits per heavy atom. The first kappa shape index (κ1) is 19.1. The molecule has 2 N–H and O–H groups in total. The highest BCUT2D eigenvalue weighted by Gasteiger charge is 2.13. The van der Waals surface area contributed by atoms with E-state index in [-0.39, 0.29) is 24.4 Å². The Kier molecular flexibility index (Phi) is 5.26. The number of aromatic nitrogens is 4. The lowest BCUT2D eigenvalue weighted by Crippen LogP contribution is -2.25. The fourth-order valence-corrected chi connectivity index (χ4v) is 3.71. The Balaban J connectivity index is 1.55. The molecule has 0 fully saturated rings. The molecular weight excluding hydrogens is 386 g/mol. The topological polar surface area (TPSA) is 84.7 Å². The summed E-state index contributed by atoms with van der Waals surface area (Å²) in [6.07, 6.45) is 1.04. The molecular formula is C21H21N5O2S. The first-order chi connectivity index (χ1) is 14.1. The van der Waals surface area contributed by atoms with Crippen molar-refractivity contribution < 1.29 is 4.79 Å². The van der Waals surface area contributed by atoms with Gasteiger partial charge in [0.25, 0.3) is 5.56 Å². The fourth-order valence-electron chi connectivity index (χ4n) is 3.42. The van der Waals surface area contributed by atoms with Crippen molar-refractivity contribution in [2.75, 3.05) is 5.32 Å². The number of aryl methyl sites for hydroxylation is 1. The lowest BCUT2D eigenvalue weighted by Gasteiger charge is -2.10. The first-order valence-electron chi connectivity index (χ1n) is 9.55. The van der Waals surface area contributed by atoms with Crippen molar-refractivity contribution in [3.63, 3.8) is 0 Å². The third-order valence-corrected chi connectivity index (χ3v) is 5.13. The number of fused-ring (bicyclic) bond motifs is 2. The highest BCUT2D eigenvalue weighted by atomic mass is 32.1. The predicted molar refractivity (Wildman–Crippen MR) is 117 cm³/mol. The minimum atomic E-state index is -0.216. The smallest absolute Gasteiger partial charge is 0.262 e.